The maximum atomic E-state index is 13.3. The molecule has 0 bridgehead atoms. The molecule has 3 heterocycles. The molecular weight excluding hydrogens is 484 g/mol. The first-order valence-electron chi connectivity index (χ1n) is 12.8. The highest BCUT2D eigenvalue weighted by Gasteiger charge is 2.42. The normalized spacial score (nSPS) is 22.1. The number of likely N-dealkylation sites (tertiary alicyclic amines) is 1. The van der Waals surface area contributed by atoms with Crippen LogP contribution < -0.4 is 5.43 Å². The second kappa shape index (κ2) is 13.1. The zero-order valence-corrected chi connectivity index (χ0v) is 22.0. The van der Waals surface area contributed by atoms with Crippen LogP contribution in [-0.2, 0) is 19.1 Å². The van der Waals surface area contributed by atoms with E-state index in [0.717, 1.165) is 12.0 Å². The van der Waals surface area contributed by atoms with Gasteiger partial charge in [0.2, 0.25) is 5.91 Å². The molecule has 1 aromatic rings. The molecule has 2 fully saturated rings. The molecule has 2 saturated heterocycles. The molecule has 36 heavy (non-hydrogen) atoms. The maximum absolute atomic E-state index is 13.3. The van der Waals surface area contributed by atoms with Crippen molar-refractivity contribution in [2.24, 2.45) is 5.92 Å². The Morgan fingerprint density at radius 1 is 1.17 bits per heavy atom. The molecule has 0 aliphatic carbocycles. The van der Waals surface area contributed by atoms with Crippen LogP contribution in [0.3, 0.4) is 0 Å². The van der Waals surface area contributed by atoms with Crippen molar-refractivity contribution in [3.63, 3.8) is 0 Å². The fraction of sp³-hybridized carbons (Fsp3) is 0.577. The number of nitrogens with one attached hydrogen (secondary N) is 1. The van der Waals surface area contributed by atoms with Crippen LogP contribution in [0.4, 0.5) is 0 Å². The smallest absolute Gasteiger partial charge is 0.306 e. The van der Waals surface area contributed by atoms with E-state index in [4.69, 9.17) is 16.3 Å². The van der Waals surface area contributed by atoms with Gasteiger partial charge in [0.25, 0.3) is 5.91 Å². The number of hydrogen-bond donors (Lipinski definition) is 2. The number of hydrazine groups is 1. The Morgan fingerprint density at radius 3 is 2.44 bits per heavy atom. The Kier molecular flexibility index (Phi) is 10.2. The molecule has 2 unspecified atom stereocenters. The summed E-state index contributed by atoms with van der Waals surface area (Å²) in [5, 5.41) is 11.7. The van der Waals surface area contributed by atoms with E-state index >= 15 is 0 Å². The van der Waals surface area contributed by atoms with Gasteiger partial charge in [-0.15, -0.1) is 0 Å². The third kappa shape index (κ3) is 6.57. The molecule has 0 spiro atoms. The van der Waals surface area contributed by atoms with E-state index < -0.39 is 11.9 Å². The number of carbonyl (C=O) groups is 3. The van der Waals surface area contributed by atoms with Crippen LogP contribution in [0.2, 0.25) is 5.02 Å². The third-order valence-electron chi connectivity index (χ3n) is 6.58. The number of piperidine rings is 1. The highest BCUT2D eigenvalue weighted by Crippen LogP contribution is 2.31. The monoisotopic (exact) mass is 520 g/mol. The summed E-state index contributed by atoms with van der Waals surface area (Å²) in [6, 6.07) is 7.15. The van der Waals surface area contributed by atoms with Crippen LogP contribution in [-0.4, -0.2) is 83.1 Å². The van der Waals surface area contributed by atoms with Crippen LogP contribution in [0.1, 0.15) is 51.6 Å². The van der Waals surface area contributed by atoms with Gasteiger partial charge in [-0.1, -0.05) is 44.5 Å². The van der Waals surface area contributed by atoms with Gasteiger partial charge in [0.15, 0.2) is 0 Å². The fourth-order valence-corrected chi connectivity index (χ4v) is 4.79. The zero-order valence-electron chi connectivity index (χ0n) is 21.3. The van der Waals surface area contributed by atoms with E-state index in [1.54, 1.807) is 9.80 Å². The van der Waals surface area contributed by atoms with Gasteiger partial charge in [0.1, 0.15) is 12.2 Å². The van der Waals surface area contributed by atoms with E-state index in [0.29, 0.717) is 56.4 Å². The van der Waals surface area contributed by atoms with E-state index in [-0.39, 0.29) is 30.4 Å². The molecular formula is C26H37ClN4O5. The summed E-state index contributed by atoms with van der Waals surface area (Å²) in [7, 11) is 0. The summed E-state index contributed by atoms with van der Waals surface area (Å²) >= 11 is 6.02. The van der Waals surface area contributed by atoms with Crippen molar-refractivity contribution >= 4 is 29.4 Å². The lowest BCUT2D eigenvalue weighted by Gasteiger charge is -2.41. The van der Waals surface area contributed by atoms with Crippen LogP contribution in [0, 0.1) is 5.92 Å². The van der Waals surface area contributed by atoms with Crippen molar-refractivity contribution in [3.8, 4) is 0 Å². The summed E-state index contributed by atoms with van der Waals surface area (Å²) in [4.78, 5) is 40.7. The van der Waals surface area contributed by atoms with Gasteiger partial charge >= 0.3 is 5.97 Å². The first kappa shape index (κ1) is 28.0. The average molecular weight is 521 g/mol. The Bertz CT molecular complexity index is 946. The third-order valence-corrected chi connectivity index (χ3v) is 6.83. The average Bonchev–Trinajstić information content (AvgIpc) is 3.34. The van der Waals surface area contributed by atoms with E-state index in [1.807, 2.05) is 56.1 Å². The standard InChI is InChI=1S/C24H31ClN4O5.C2H6/c1-2-11-34-15-19-13-28(14-22(30)27-9-7-17(8-10-27)24(32)33)23(31)21-12-20(26-29(19)21)16-3-5-18(25)6-4-16;1-2/h3-6,12,17,19-20,26H,2,7-11,13-15H2,1H3,(H,32,33);1-2H3. The summed E-state index contributed by atoms with van der Waals surface area (Å²) in [5.41, 5.74) is 4.90. The van der Waals surface area contributed by atoms with Gasteiger partial charge in [-0.2, -0.15) is 0 Å². The number of halogens is 1. The molecule has 2 N–H and O–H groups in total. The number of carboxylic acid groups (broad SMARTS) is 1. The predicted octanol–water partition coefficient (Wildman–Crippen LogP) is 3.07. The molecule has 4 rings (SSSR count). The van der Waals surface area contributed by atoms with Gasteiger partial charge in [-0.25, -0.2) is 5.43 Å². The maximum Gasteiger partial charge on any atom is 0.306 e. The molecule has 2 atom stereocenters. The van der Waals surface area contributed by atoms with Crippen LogP contribution in [0.25, 0.3) is 0 Å². The van der Waals surface area contributed by atoms with Gasteiger partial charge in [0.05, 0.1) is 24.6 Å². The minimum Gasteiger partial charge on any atom is -0.481 e. The van der Waals surface area contributed by atoms with Crippen molar-refractivity contribution in [3.05, 3.63) is 46.6 Å². The molecule has 10 heteroatoms. The van der Waals surface area contributed by atoms with Gasteiger partial charge in [-0.3, -0.25) is 19.4 Å². The molecule has 3 aliphatic heterocycles. The minimum absolute atomic E-state index is 0.0301. The SMILES string of the molecule is CC.CCCOCC1CN(CC(=O)N2CCC(C(=O)O)CC2)C(=O)C2=CC(c3ccc(Cl)cc3)NN21. The van der Waals surface area contributed by atoms with Gasteiger partial charge < -0.3 is 19.6 Å². The highest BCUT2D eigenvalue weighted by atomic mass is 35.5. The second-order valence-electron chi connectivity index (χ2n) is 8.99. The minimum atomic E-state index is -0.816. The Morgan fingerprint density at radius 2 is 1.83 bits per heavy atom. The molecule has 0 saturated carbocycles. The number of aliphatic carboxylic acids is 1. The molecule has 1 aromatic carbocycles. The van der Waals surface area contributed by atoms with Gasteiger partial charge in [-0.05, 0) is 43.0 Å². The quantitative estimate of drug-likeness (QED) is 0.508. The summed E-state index contributed by atoms with van der Waals surface area (Å²) < 4.78 is 5.81. The van der Waals surface area contributed by atoms with Crippen LogP contribution in [0.5, 0.6) is 0 Å². The Hall–Kier alpha value is -2.62. The first-order valence-corrected chi connectivity index (χ1v) is 13.2. The lowest BCUT2D eigenvalue weighted by atomic mass is 9.97. The van der Waals surface area contributed by atoms with Crippen molar-refractivity contribution in [1.82, 2.24) is 20.2 Å². The number of carbonyl (C=O) groups excluding carboxylic acids is 2. The lowest BCUT2D eigenvalue weighted by molar-refractivity contribution is -0.147. The number of ether oxygens (including phenoxy) is 1. The van der Waals surface area contributed by atoms with Gasteiger partial charge in [0, 0.05) is 31.3 Å². The number of rotatable bonds is 8. The molecule has 0 aromatic heterocycles. The number of piperazine rings is 1. The topological polar surface area (TPSA) is 102 Å². The molecule has 198 valence electrons. The van der Waals surface area contributed by atoms with Crippen LogP contribution >= 0.6 is 11.6 Å². The van der Waals surface area contributed by atoms with Crippen molar-refractivity contribution in [2.45, 2.75) is 52.1 Å². The van der Waals surface area contributed by atoms with E-state index in [9.17, 15) is 19.5 Å². The largest absolute Gasteiger partial charge is 0.481 e. The summed E-state index contributed by atoms with van der Waals surface area (Å²) in [6.45, 7) is 8.21. The number of hydrogen-bond acceptors (Lipinski definition) is 6. The number of amides is 2. The predicted molar refractivity (Wildman–Crippen MR) is 137 cm³/mol. The second-order valence-corrected chi connectivity index (χ2v) is 9.42. The number of carboxylic acids is 1. The van der Waals surface area contributed by atoms with E-state index in [2.05, 4.69) is 5.43 Å². The van der Waals surface area contributed by atoms with Crippen molar-refractivity contribution in [2.75, 3.05) is 39.4 Å². The van der Waals surface area contributed by atoms with E-state index in [1.165, 1.54) is 0 Å². The molecule has 9 nitrogen and oxygen atoms in total. The molecule has 2 amide bonds. The zero-order chi connectivity index (χ0) is 26.2. The fourth-order valence-electron chi connectivity index (χ4n) is 4.66. The van der Waals surface area contributed by atoms with Crippen molar-refractivity contribution < 1.29 is 24.2 Å². The molecule has 3 aliphatic rings. The summed E-state index contributed by atoms with van der Waals surface area (Å²) in [5.74, 6) is -1.58. The Labute approximate surface area is 218 Å². The molecule has 0 radical (unpaired) electrons. The number of nitrogens with zero attached hydrogens (tertiary/aromatic N) is 3. The summed E-state index contributed by atoms with van der Waals surface area (Å²) in [6.07, 6.45) is 3.65. The number of fused-ring (bicyclic) bond motifs is 1. The van der Waals surface area contributed by atoms with Crippen LogP contribution in [0.15, 0.2) is 36.0 Å². The van der Waals surface area contributed by atoms with Crippen molar-refractivity contribution in [1.29, 1.82) is 0 Å². The first-order chi connectivity index (χ1) is 17.4. The number of benzene rings is 1. The Balaban J connectivity index is 0.00000176. The highest BCUT2D eigenvalue weighted by molar-refractivity contribution is 6.30. The lowest BCUT2D eigenvalue weighted by Crippen LogP contribution is -2.60.